The van der Waals surface area contributed by atoms with Crippen molar-refractivity contribution in [3.63, 3.8) is 0 Å². The van der Waals surface area contributed by atoms with Gasteiger partial charge < -0.3 is 10.6 Å². The average Bonchev–Trinajstić information content (AvgIpc) is 2.24. The van der Waals surface area contributed by atoms with Gasteiger partial charge in [0.25, 0.3) is 0 Å². The minimum Gasteiger partial charge on any atom is -0.333 e. The molecule has 0 aliphatic carbocycles. The molecule has 4 nitrogen and oxygen atoms in total. The van der Waals surface area contributed by atoms with E-state index in [2.05, 4.69) is 10.6 Å². The fourth-order valence-corrected chi connectivity index (χ4v) is 1.91. The fraction of sp³-hybridized carbons (Fsp3) is 0.429. The van der Waals surface area contributed by atoms with Gasteiger partial charge in [0.05, 0.1) is 5.56 Å². The Morgan fingerprint density at radius 3 is 2.33 bits per heavy atom. The number of nitrogens with one attached hydrogen (secondary N) is 2. The zero-order chi connectivity index (χ0) is 16.3. The first-order valence-electron chi connectivity index (χ1n) is 6.25. The molecule has 0 atom stereocenters. The highest BCUT2D eigenvalue weighted by molar-refractivity contribution is 5.90. The zero-order valence-corrected chi connectivity index (χ0v) is 12.0. The first-order valence-corrected chi connectivity index (χ1v) is 6.25. The summed E-state index contributed by atoms with van der Waals surface area (Å²) in [5.74, 6) is -0.0978. The van der Waals surface area contributed by atoms with Gasteiger partial charge in [0.15, 0.2) is 0 Å². The molecule has 1 aromatic rings. The molecule has 0 aliphatic rings. The summed E-state index contributed by atoms with van der Waals surface area (Å²) >= 11 is 0. The quantitative estimate of drug-likeness (QED) is 0.893. The smallest absolute Gasteiger partial charge is 0.333 e. The van der Waals surface area contributed by atoms with Crippen molar-refractivity contribution >= 4 is 17.5 Å². The molecule has 7 heteroatoms. The summed E-state index contributed by atoms with van der Waals surface area (Å²) in [7, 11) is 0. The number of amides is 2. The van der Waals surface area contributed by atoms with Crippen LogP contribution in [0.3, 0.4) is 0 Å². The van der Waals surface area contributed by atoms with Crippen LogP contribution in [-0.4, -0.2) is 17.4 Å². The predicted octanol–water partition coefficient (Wildman–Crippen LogP) is 3.58. The lowest BCUT2D eigenvalue weighted by molar-refractivity contribution is -0.137. The van der Waals surface area contributed by atoms with E-state index in [4.69, 9.17) is 0 Å². The second kappa shape index (κ2) is 6.15. The summed E-state index contributed by atoms with van der Waals surface area (Å²) in [6, 6.07) is 3.66. The van der Waals surface area contributed by atoms with Crippen molar-refractivity contribution in [3.8, 4) is 0 Å². The molecule has 21 heavy (non-hydrogen) atoms. The van der Waals surface area contributed by atoms with Crippen LogP contribution in [0.25, 0.3) is 0 Å². The molecule has 0 aromatic heterocycles. The van der Waals surface area contributed by atoms with Crippen molar-refractivity contribution in [1.82, 2.24) is 5.32 Å². The number of carbonyl (C=O) groups excluding carboxylic acids is 2. The Morgan fingerprint density at radius 2 is 1.81 bits per heavy atom. The molecule has 0 fully saturated rings. The van der Waals surface area contributed by atoms with Gasteiger partial charge in [-0.05, 0) is 39.0 Å². The number of urea groups is 1. The number of rotatable bonds is 4. The van der Waals surface area contributed by atoms with E-state index < -0.39 is 23.3 Å². The van der Waals surface area contributed by atoms with Crippen LogP contribution >= 0.6 is 0 Å². The molecule has 116 valence electrons. The number of halogens is 3. The first kappa shape index (κ1) is 17.0. The van der Waals surface area contributed by atoms with Crippen molar-refractivity contribution < 1.29 is 22.8 Å². The van der Waals surface area contributed by atoms with E-state index in [1.807, 2.05) is 0 Å². The molecule has 2 amide bonds. The van der Waals surface area contributed by atoms with Gasteiger partial charge in [-0.2, -0.15) is 13.2 Å². The van der Waals surface area contributed by atoms with Crippen LogP contribution in [0.2, 0.25) is 0 Å². The SMILES string of the molecule is CC(=O)CC(C)(C)NC(=O)Nc1cccc(C(F)(F)F)c1. The minimum absolute atomic E-state index is 0.0287. The number of ketones is 1. The minimum atomic E-state index is -4.47. The number of hydrogen-bond donors (Lipinski definition) is 2. The maximum Gasteiger partial charge on any atom is 0.416 e. The monoisotopic (exact) mass is 302 g/mol. The molecule has 0 aliphatic heterocycles. The first-order chi connectivity index (χ1) is 9.49. The lowest BCUT2D eigenvalue weighted by Gasteiger charge is -2.25. The number of benzene rings is 1. The van der Waals surface area contributed by atoms with E-state index in [-0.39, 0.29) is 17.9 Å². The third-order valence-electron chi connectivity index (χ3n) is 2.59. The molecule has 0 unspecified atom stereocenters. The van der Waals surface area contributed by atoms with Crippen molar-refractivity contribution in [2.45, 2.75) is 38.9 Å². The van der Waals surface area contributed by atoms with Crippen LogP contribution in [0, 0.1) is 0 Å². The molecule has 0 spiro atoms. The van der Waals surface area contributed by atoms with Gasteiger partial charge in [-0.3, -0.25) is 4.79 Å². The molecule has 0 saturated heterocycles. The predicted molar refractivity (Wildman–Crippen MR) is 73.0 cm³/mol. The highest BCUT2D eigenvalue weighted by Crippen LogP contribution is 2.30. The molecule has 0 saturated carbocycles. The van der Waals surface area contributed by atoms with E-state index in [1.54, 1.807) is 13.8 Å². The van der Waals surface area contributed by atoms with Crippen LogP contribution in [0.5, 0.6) is 0 Å². The number of carbonyl (C=O) groups is 2. The van der Waals surface area contributed by atoms with Gasteiger partial charge in [0, 0.05) is 17.6 Å². The van der Waals surface area contributed by atoms with E-state index in [9.17, 15) is 22.8 Å². The third kappa shape index (κ3) is 5.85. The maximum absolute atomic E-state index is 12.6. The van der Waals surface area contributed by atoms with Crippen molar-refractivity contribution in [1.29, 1.82) is 0 Å². The average molecular weight is 302 g/mol. The Kier molecular flexibility index (Phi) is 4.98. The molecule has 0 bridgehead atoms. The van der Waals surface area contributed by atoms with E-state index in [0.29, 0.717) is 0 Å². The summed E-state index contributed by atoms with van der Waals surface area (Å²) in [6.45, 7) is 4.70. The molecule has 2 N–H and O–H groups in total. The van der Waals surface area contributed by atoms with Crippen LogP contribution < -0.4 is 10.6 Å². The fourth-order valence-electron chi connectivity index (χ4n) is 1.91. The summed E-state index contributed by atoms with van der Waals surface area (Å²) < 4.78 is 37.7. The van der Waals surface area contributed by atoms with Crippen molar-refractivity contribution in [2.24, 2.45) is 0 Å². The van der Waals surface area contributed by atoms with Gasteiger partial charge in [-0.15, -0.1) is 0 Å². The Bertz CT molecular complexity index is 539. The van der Waals surface area contributed by atoms with Gasteiger partial charge in [0.1, 0.15) is 5.78 Å². The Morgan fingerprint density at radius 1 is 1.19 bits per heavy atom. The number of anilines is 1. The number of hydrogen-bond acceptors (Lipinski definition) is 2. The molecule has 1 rings (SSSR count). The standard InChI is InChI=1S/C14H17F3N2O2/c1-9(20)8-13(2,3)19-12(21)18-11-6-4-5-10(7-11)14(15,16)17/h4-7H,8H2,1-3H3,(H2,18,19,21). The normalized spacial score (nSPS) is 11.9. The van der Waals surface area contributed by atoms with Gasteiger partial charge in [0.2, 0.25) is 0 Å². The molecule has 1 aromatic carbocycles. The molecule has 0 heterocycles. The Hall–Kier alpha value is -2.05. The van der Waals surface area contributed by atoms with Gasteiger partial charge in [-0.1, -0.05) is 6.07 Å². The Balaban J connectivity index is 2.74. The lowest BCUT2D eigenvalue weighted by Crippen LogP contribution is -2.46. The molecular weight excluding hydrogens is 285 g/mol. The molecular formula is C14H17F3N2O2. The van der Waals surface area contributed by atoms with E-state index >= 15 is 0 Å². The second-order valence-electron chi connectivity index (χ2n) is 5.42. The third-order valence-corrected chi connectivity index (χ3v) is 2.59. The highest BCUT2D eigenvalue weighted by atomic mass is 19.4. The summed E-state index contributed by atoms with van der Waals surface area (Å²) in [5, 5.41) is 4.86. The van der Waals surface area contributed by atoms with Crippen LogP contribution in [-0.2, 0) is 11.0 Å². The van der Waals surface area contributed by atoms with Crippen molar-refractivity contribution in [2.75, 3.05) is 5.32 Å². The number of Topliss-reactive ketones (excluding diaryl/α,β-unsaturated/α-hetero) is 1. The van der Waals surface area contributed by atoms with Crippen molar-refractivity contribution in [3.05, 3.63) is 29.8 Å². The summed E-state index contributed by atoms with van der Waals surface area (Å²) in [6.07, 6.45) is -4.34. The van der Waals surface area contributed by atoms with Crippen LogP contribution in [0.1, 0.15) is 32.8 Å². The van der Waals surface area contributed by atoms with Gasteiger partial charge >= 0.3 is 12.2 Å². The summed E-state index contributed by atoms with van der Waals surface area (Å²) in [4.78, 5) is 22.8. The zero-order valence-electron chi connectivity index (χ0n) is 12.0. The second-order valence-corrected chi connectivity index (χ2v) is 5.42. The summed E-state index contributed by atoms with van der Waals surface area (Å²) in [5.41, 5.74) is -1.60. The number of alkyl halides is 3. The van der Waals surface area contributed by atoms with E-state index in [0.717, 1.165) is 12.1 Å². The van der Waals surface area contributed by atoms with E-state index in [1.165, 1.54) is 19.1 Å². The topological polar surface area (TPSA) is 58.2 Å². The maximum atomic E-state index is 12.6. The lowest BCUT2D eigenvalue weighted by atomic mass is 9.98. The Labute approximate surface area is 120 Å². The highest BCUT2D eigenvalue weighted by Gasteiger charge is 2.30. The largest absolute Gasteiger partial charge is 0.416 e. The van der Waals surface area contributed by atoms with Crippen LogP contribution in [0.4, 0.5) is 23.7 Å². The van der Waals surface area contributed by atoms with Gasteiger partial charge in [-0.25, -0.2) is 4.79 Å². The van der Waals surface area contributed by atoms with Crippen LogP contribution in [0.15, 0.2) is 24.3 Å². The molecule has 0 radical (unpaired) electrons.